The van der Waals surface area contributed by atoms with Gasteiger partial charge in [0.2, 0.25) is 0 Å². The summed E-state index contributed by atoms with van der Waals surface area (Å²) in [4.78, 5) is 11.4. The smallest absolute Gasteiger partial charge is 0.162 e. The molecule has 1 atom stereocenters. The van der Waals surface area contributed by atoms with E-state index in [4.69, 9.17) is 4.74 Å². The zero-order chi connectivity index (χ0) is 20.8. The highest BCUT2D eigenvalue weighted by Gasteiger charge is 2.20. The lowest BCUT2D eigenvalue weighted by Gasteiger charge is -2.33. The average molecular weight is 407 g/mol. The van der Waals surface area contributed by atoms with Gasteiger partial charge in [-0.3, -0.25) is 4.90 Å². The van der Waals surface area contributed by atoms with Crippen molar-refractivity contribution < 1.29 is 9.13 Å². The highest BCUT2D eigenvalue weighted by atomic mass is 19.1. The number of methoxy groups -OCH3 is 1. The topological polar surface area (TPSA) is 50.3 Å². The van der Waals surface area contributed by atoms with Crippen LogP contribution in [0.25, 0.3) is 11.4 Å². The third kappa shape index (κ3) is 5.01. The second kappa shape index (κ2) is 9.78. The van der Waals surface area contributed by atoms with Crippen LogP contribution in [0.3, 0.4) is 0 Å². The van der Waals surface area contributed by atoms with Crippen molar-refractivity contribution in [1.29, 1.82) is 0 Å². The molecule has 1 aromatic heterocycles. The molecular weight excluding hydrogens is 379 g/mol. The molecule has 30 heavy (non-hydrogen) atoms. The van der Waals surface area contributed by atoms with Crippen molar-refractivity contribution in [2.24, 2.45) is 0 Å². The summed E-state index contributed by atoms with van der Waals surface area (Å²) in [5, 5.41) is 3.61. The van der Waals surface area contributed by atoms with Crippen molar-refractivity contribution in [3.8, 4) is 17.1 Å². The predicted octanol–water partition coefficient (Wildman–Crippen LogP) is 4.05. The molecule has 3 aromatic rings. The molecule has 4 rings (SSSR count). The molecule has 0 amide bonds. The first-order chi connectivity index (χ1) is 14.7. The van der Waals surface area contributed by atoms with Crippen LogP contribution >= 0.6 is 0 Å². The van der Waals surface area contributed by atoms with E-state index in [-0.39, 0.29) is 5.82 Å². The molecule has 1 saturated heterocycles. The van der Waals surface area contributed by atoms with Crippen LogP contribution in [0.15, 0.2) is 60.9 Å². The highest BCUT2D eigenvalue weighted by Crippen LogP contribution is 2.26. The number of ether oxygens (including phenoxy) is 1. The molecule has 2 aromatic carbocycles. The fourth-order valence-electron chi connectivity index (χ4n) is 3.91. The van der Waals surface area contributed by atoms with Gasteiger partial charge in [0, 0.05) is 49.2 Å². The molecule has 1 aliphatic rings. The first-order valence-corrected chi connectivity index (χ1v) is 10.4. The Labute approximate surface area is 176 Å². The third-order valence-electron chi connectivity index (χ3n) is 5.51. The standard InChI is InChI=1S/C24H27FN4O/c1-30-23-11-5-3-9-21(23)24-27-14-18(15-28-24)13-26-20-8-6-12-29(17-20)16-19-7-2-4-10-22(19)25/h2-5,7,9-11,14-15,20,26H,6,8,12-13,16-17H2,1H3. The van der Waals surface area contributed by atoms with Gasteiger partial charge in [-0.1, -0.05) is 30.3 Å². The second-order valence-electron chi connectivity index (χ2n) is 7.66. The number of hydrogen-bond donors (Lipinski definition) is 1. The van der Waals surface area contributed by atoms with Gasteiger partial charge in [0.05, 0.1) is 12.7 Å². The van der Waals surface area contributed by atoms with Crippen LogP contribution in [0.1, 0.15) is 24.0 Å². The molecule has 0 radical (unpaired) electrons. The fourth-order valence-corrected chi connectivity index (χ4v) is 3.91. The molecule has 2 heterocycles. The minimum absolute atomic E-state index is 0.125. The van der Waals surface area contributed by atoms with E-state index >= 15 is 0 Å². The van der Waals surface area contributed by atoms with Crippen LogP contribution in [-0.2, 0) is 13.1 Å². The van der Waals surface area contributed by atoms with Crippen LogP contribution in [0.4, 0.5) is 4.39 Å². The Morgan fingerprint density at radius 3 is 2.67 bits per heavy atom. The number of hydrogen-bond acceptors (Lipinski definition) is 5. The summed E-state index contributed by atoms with van der Waals surface area (Å²) in [5.74, 6) is 1.30. The van der Waals surface area contributed by atoms with Crippen molar-refractivity contribution >= 4 is 0 Å². The Balaban J connectivity index is 1.32. The second-order valence-corrected chi connectivity index (χ2v) is 7.66. The van der Waals surface area contributed by atoms with Crippen molar-refractivity contribution in [3.05, 3.63) is 77.9 Å². The normalized spacial score (nSPS) is 17.1. The van der Waals surface area contributed by atoms with Crippen molar-refractivity contribution in [2.45, 2.75) is 32.0 Å². The number of benzene rings is 2. The van der Waals surface area contributed by atoms with E-state index in [0.717, 1.165) is 48.4 Å². The number of para-hydroxylation sites is 1. The van der Waals surface area contributed by atoms with E-state index in [1.165, 1.54) is 6.07 Å². The van der Waals surface area contributed by atoms with Gasteiger partial charge < -0.3 is 10.1 Å². The van der Waals surface area contributed by atoms with Gasteiger partial charge in [0.1, 0.15) is 11.6 Å². The number of likely N-dealkylation sites (tertiary alicyclic amines) is 1. The van der Waals surface area contributed by atoms with Crippen molar-refractivity contribution in [2.75, 3.05) is 20.2 Å². The van der Waals surface area contributed by atoms with Gasteiger partial charge in [0.15, 0.2) is 5.82 Å². The van der Waals surface area contributed by atoms with Crippen LogP contribution in [-0.4, -0.2) is 41.1 Å². The number of nitrogens with zero attached hydrogens (tertiary/aromatic N) is 3. The monoisotopic (exact) mass is 406 g/mol. The van der Waals surface area contributed by atoms with Crippen LogP contribution < -0.4 is 10.1 Å². The largest absolute Gasteiger partial charge is 0.496 e. The Morgan fingerprint density at radius 1 is 1.10 bits per heavy atom. The first-order valence-electron chi connectivity index (χ1n) is 10.4. The van der Waals surface area contributed by atoms with Crippen LogP contribution in [0.5, 0.6) is 5.75 Å². The Kier molecular flexibility index (Phi) is 6.67. The minimum Gasteiger partial charge on any atom is -0.496 e. The maximum atomic E-state index is 14.0. The minimum atomic E-state index is -0.125. The molecule has 5 nitrogen and oxygen atoms in total. The zero-order valence-electron chi connectivity index (χ0n) is 17.2. The molecule has 1 N–H and O–H groups in total. The SMILES string of the molecule is COc1ccccc1-c1ncc(CNC2CCCN(Cc3ccccc3F)C2)cn1. The fraction of sp³-hybridized carbons (Fsp3) is 0.333. The summed E-state index contributed by atoms with van der Waals surface area (Å²) < 4.78 is 19.3. The van der Waals surface area contributed by atoms with E-state index in [2.05, 4.69) is 20.2 Å². The van der Waals surface area contributed by atoms with Crippen LogP contribution in [0.2, 0.25) is 0 Å². The first kappa shape index (κ1) is 20.4. The molecular formula is C24H27FN4O. The summed E-state index contributed by atoms with van der Waals surface area (Å²) in [6.07, 6.45) is 5.95. The Bertz CT molecular complexity index is 963. The number of nitrogens with one attached hydrogen (secondary N) is 1. The number of rotatable bonds is 7. The summed E-state index contributed by atoms with van der Waals surface area (Å²) in [5.41, 5.74) is 2.69. The van der Waals surface area contributed by atoms with Crippen LogP contribution in [0, 0.1) is 5.82 Å². The van der Waals surface area contributed by atoms with E-state index in [1.807, 2.05) is 48.8 Å². The van der Waals surface area contributed by atoms with Gasteiger partial charge >= 0.3 is 0 Å². The highest BCUT2D eigenvalue weighted by molar-refractivity contribution is 5.63. The quantitative estimate of drug-likeness (QED) is 0.642. The zero-order valence-corrected chi connectivity index (χ0v) is 17.2. The molecule has 0 spiro atoms. The summed E-state index contributed by atoms with van der Waals surface area (Å²) in [6, 6.07) is 15.2. The summed E-state index contributed by atoms with van der Waals surface area (Å²) in [6.45, 7) is 3.28. The maximum Gasteiger partial charge on any atom is 0.162 e. The molecule has 6 heteroatoms. The van der Waals surface area contributed by atoms with E-state index < -0.39 is 0 Å². The summed E-state index contributed by atoms with van der Waals surface area (Å²) in [7, 11) is 1.65. The molecule has 1 aliphatic heterocycles. The summed E-state index contributed by atoms with van der Waals surface area (Å²) >= 11 is 0. The van der Waals surface area contributed by atoms with Crippen molar-refractivity contribution in [1.82, 2.24) is 20.2 Å². The molecule has 0 bridgehead atoms. The van der Waals surface area contributed by atoms with Crippen molar-refractivity contribution in [3.63, 3.8) is 0 Å². The van der Waals surface area contributed by atoms with E-state index in [9.17, 15) is 4.39 Å². The molecule has 1 fully saturated rings. The van der Waals surface area contributed by atoms with Gasteiger partial charge in [0.25, 0.3) is 0 Å². The number of halogens is 1. The number of piperidine rings is 1. The lowest BCUT2D eigenvalue weighted by Crippen LogP contribution is -2.45. The predicted molar refractivity (Wildman–Crippen MR) is 116 cm³/mol. The Morgan fingerprint density at radius 2 is 1.87 bits per heavy atom. The van der Waals surface area contributed by atoms with Gasteiger partial charge in [-0.05, 0) is 37.6 Å². The van der Waals surface area contributed by atoms with E-state index in [0.29, 0.717) is 25.0 Å². The lowest BCUT2D eigenvalue weighted by atomic mass is 10.0. The maximum absolute atomic E-state index is 14.0. The Hall–Kier alpha value is -2.83. The molecule has 0 aliphatic carbocycles. The third-order valence-corrected chi connectivity index (χ3v) is 5.51. The average Bonchev–Trinajstić information content (AvgIpc) is 2.80. The number of aromatic nitrogens is 2. The van der Waals surface area contributed by atoms with E-state index in [1.54, 1.807) is 13.2 Å². The van der Waals surface area contributed by atoms with Gasteiger partial charge in [-0.2, -0.15) is 0 Å². The molecule has 1 unspecified atom stereocenters. The molecule has 156 valence electrons. The van der Waals surface area contributed by atoms with Gasteiger partial charge in [-0.25, -0.2) is 14.4 Å². The van der Waals surface area contributed by atoms with Gasteiger partial charge in [-0.15, -0.1) is 0 Å². The molecule has 0 saturated carbocycles. The lowest BCUT2D eigenvalue weighted by molar-refractivity contribution is 0.181.